The second-order valence-corrected chi connectivity index (χ2v) is 1.68. The highest BCUT2D eigenvalue weighted by atomic mass is 16.6. The van der Waals surface area contributed by atoms with Crippen molar-refractivity contribution in [3.05, 3.63) is 0 Å². The summed E-state index contributed by atoms with van der Waals surface area (Å²) in [6, 6.07) is 0. The van der Waals surface area contributed by atoms with E-state index in [1.807, 2.05) is 0 Å². The molecule has 0 aromatic rings. The van der Waals surface area contributed by atoms with Gasteiger partial charge in [-0.1, -0.05) is 0 Å². The van der Waals surface area contributed by atoms with E-state index in [1.165, 1.54) is 6.92 Å². The molecule has 11 heavy (non-hydrogen) atoms. The second-order valence-electron chi connectivity index (χ2n) is 1.68. The van der Waals surface area contributed by atoms with Crippen molar-refractivity contribution in [3.63, 3.8) is 0 Å². The van der Waals surface area contributed by atoms with Gasteiger partial charge in [0.25, 0.3) is 0 Å². The third-order valence-electron chi connectivity index (χ3n) is 0.767. The molecule has 5 nitrogen and oxygen atoms in total. The minimum atomic E-state index is -0.589. The number of hydrogen-bond acceptors (Lipinski definition) is 4. The van der Waals surface area contributed by atoms with Crippen LogP contribution in [0.1, 0.15) is 13.8 Å². The van der Waals surface area contributed by atoms with E-state index in [-0.39, 0.29) is 6.73 Å². The molecule has 0 aliphatic rings. The first kappa shape index (κ1) is 9.74. The smallest absolute Gasteiger partial charge is 0.409 e. The van der Waals surface area contributed by atoms with E-state index in [9.17, 15) is 9.59 Å². The highest BCUT2D eigenvalue weighted by Gasteiger charge is 1.98. The van der Waals surface area contributed by atoms with Crippen LogP contribution in [0.3, 0.4) is 0 Å². The predicted octanol–water partition coefficient (Wildman–Crippen LogP) is 0.253. The van der Waals surface area contributed by atoms with Crippen LogP contribution in [0.15, 0.2) is 0 Å². The Bertz CT molecular complexity index is 146. The largest absolute Gasteiger partial charge is 0.450 e. The maximum Gasteiger partial charge on any atom is 0.409 e. The summed E-state index contributed by atoms with van der Waals surface area (Å²) in [6.45, 7) is 3.10. The Morgan fingerprint density at radius 1 is 1.36 bits per heavy atom. The Hall–Kier alpha value is -1.26. The van der Waals surface area contributed by atoms with Crippen molar-refractivity contribution < 1.29 is 19.1 Å². The van der Waals surface area contributed by atoms with Gasteiger partial charge < -0.3 is 9.47 Å². The molecule has 0 radical (unpaired) electrons. The van der Waals surface area contributed by atoms with E-state index in [4.69, 9.17) is 0 Å². The van der Waals surface area contributed by atoms with E-state index in [0.717, 1.165) is 0 Å². The maximum absolute atomic E-state index is 10.5. The summed E-state index contributed by atoms with van der Waals surface area (Å²) in [5.41, 5.74) is 0. The lowest BCUT2D eigenvalue weighted by molar-refractivity contribution is -0.141. The minimum absolute atomic E-state index is 0.145. The van der Waals surface area contributed by atoms with Gasteiger partial charge in [-0.3, -0.25) is 10.1 Å². The Kier molecular flexibility index (Phi) is 4.89. The Morgan fingerprint density at radius 2 is 2.00 bits per heavy atom. The molecule has 0 saturated heterocycles. The fourth-order valence-electron chi connectivity index (χ4n) is 0.379. The molecular weight excluding hydrogens is 150 g/mol. The molecule has 0 bridgehead atoms. The van der Waals surface area contributed by atoms with Gasteiger partial charge in [-0.2, -0.15) is 0 Å². The summed E-state index contributed by atoms with van der Waals surface area (Å²) in [4.78, 5) is 20.7. The highest BCUT2D eigenvalue weighted by Crippen LogP contribution is 1.77. The zero-order valence-electron chi connectivity index (χ0n) is 6.55. The molecule has 0 aliphatic heterocycles. The van der Waals surface area contributed by atoms with Crippen LogP contribution in [0, 0.1) is 0 Å². The lowest BCUT2D eigenvalue weighted by atomic mass is 10.8. The summed E-state index contributed by atoms with van der Waals surface area (Å²) < 4.78 is 8.89. The van der Waals surface area contributed by atoms with E-state index in [0.29, 0.717) is 6.61 Å². The molecule has 0 fully saturated rings. The standard InChI is InChI=1S/C6H11NO4/c1-3-10-6(9)7-4-11-5(2)8/h3-4H2,1-2H3,(H,7,9). The highest BCUT2D eigenvalue weighted by molar-refractivity contribution is 5.68. The lowest BCUT2D eigenvalue weighted by Crippen LogP contribution is -2.27. The minimum Gasteiger partial charge on any atom is -0.450 e. The van der Waals surface area contributed by atoms with Gasteiger partial charge in [0.1, 0.15) is 0 Å². The molecule has 0 aliphatic carbocycles. The number of carbonyl (C=O) groups excluding carboxylic acids is 2. The van der Waals surface area contributed by atoms with Gasteiger partial charge in [0.15, 0.2) is 6.73 Å². The van der Waals surface area contributed by atoms with Crippen LogP contribution in [0.2, 0.25) is 0 Å². The number of carbonyl (C=O) groups is 2. The van der Waals surface area contributed by atoms with Gasteiger partial charge in [-0.25, -0.2) is 4.79 Å². The summed E-state index contributed by atoms with van der Waals surface area (Å²) in [5.74, 6) is -0.443. The number of rotatable bonds is 3. The number of nitrogens with one attached hydrogen (secondary N) is 1. The van der Waals surface area contributed by atoms with Crippen LogP contribution < -0.4 is 5.32 Å². The average Bonchev–Trinajstić information content (AvgIpc) is 1.87. The second kappa shape index (κ2) is 5.52. The first-order valence-corrected chi connectivity index (χ1v) is 3.20. The van der Waals surface area contributed by atoms with Crippen LogP contribution in [-0.4, -0.2) is 25.4 Å². The van der Waals surface area contributed by atoms with Crippen molar-refractivity contribution in [2.24, 2.45) is 0 Å². The Morgan fingerprint density at radius 3 is 2.45 bits per heavy atom. The van der Waals surface area contributed by atoms with Crippen LogP contribution in [0.4, 0.5) is 4.79 Å². The number of amides is 1. The van der Waals surface area contributed by atoms with E-state index >= 15 is 0 Å². The van der Waals surface area contributed by atoms with Gasteiger partial charge >= 0.3 is 12.1 Å². The Labute approximate surface area is 64.7 Å². The molecule has 1 N–H and O–H groups in total. The molecule has 0 unspecified atom stereocenters. The fraction of sp³-hybridized carbons (Fsp3) is 0.667. The first-order chi connectivity index (χ1) is 5.16. The summed E-state index contributed by atoms with van der Waals surface area (Å²) in [6.07, 6.45) is -0.589. The van der Waals surface area contributed by atoms with Crippen molar-refractivity contribution in [1.82, 2.24) is 5.32 Å². The number of ether oxygens (including phenoxy) is 2. The molecular formula is C6H11NO4. The molecule has 0 heterocycles. The molecule has 0 aromatic carbocycles. The van der Waals surface area contributed by atoms with Gasteiger partial charge in [0.05, 0.1) is 6.61 Å². The summed E-state index contributed by atoms with van der Waals surface area (Å²) in [5, 5.41) is 2.21. The van der Waals surface area contributed by atoms with E-state index in [2.05, 4.69) is 14.8 Å². The fourth-order valence-corrected chi connectivity index (χ4v) is 0.379. The van der Waals surface area contributed by atoms with Gasteiger partial charge in [0.2, 0.25) is 0 Å². The van der Waals surface area contributed by atoms with Gasteiger partial charge in [0, 0.05) is 6.92 Å². The molecule has 64 valence electrons. The van der Waals surface area contributed by atoms with Gasteiger partial charge in [-0.05, 0) is 6.92 Å². The van der Waals surface area contributed by atoms with Crippen LogP contribution >= 0.6 is 0 Å². The van der Waals surface area contributed by atoms with Crippen molar-refractivity contribution in [2.75, 3.05) is 13.3 Å². The maximum atomic E-state index is 10.5. The van der Waals surface area contributed by atoms with Crippen LogP contribution in [0.25, 0.3) is 0 Å². The predicted molar refractivity (Wildman–Crippen MR) is 36.8 cm³/mol. The van der Waals surface area contributed by atoms with Crippen molar-refractivity contribution >= 4 is 12.1 Å². The lowest BCUT2D eigenvalue weighted by Gasteiger charge is -2.03. The SMILES string of the molecule is CCOC(=O)NCOC(C)=O. The number of esters is 1. The monoisotopic (exact) mass is 161 g/mol. The molecule has 0 saturated carbocycles. The van der Waals surface area contributed by atoms with E-state index < -0.39 is 12.1 Å². The molecule has 0 rings (SSSR count). The molecule has 1 amide bonds. The normalized spacial score (nSPS) is 8.55. The first-order valence-electron chi connectivity index (χ1n) is 3.20. The summed E-state index contributed by atoms with van der Waals surface area (Å²) >= 11 is 0. The van der Waals surface area contributed by atoms with Crippen molar-refractivity contribution in [3.8, 4) is 0 Å². The number of alkyl carbamates (subject to hydrolysis) is 1. The van der Waals surface area contributed by atoms with Gasteiger partial charge in [-0.15, -0.1) is 0 Å². The average molecular weight is 161 g/mol. The van der Waals surface area contributed by atoms with Crippen molar-refractivity contribution in [1.29, 1.82) is 0 Å². The molecule has 5 heteroatoms. The molecule has 0 spiro atoms. The quantitative estimate of drug-likeness (QED) is 0.476. The Balaban J connectivity index is 3.24. The van der Waals surface area contributed by atoms with Crippen LogP contribution in [-0.2, 0) is 14.3 Å². The molecule has 0 aromatic heterocycles. The third kappa shape index (κ3) is 6.63. The zero-order chi connectivity index (χ0) is 8.69. The topological polar surface area (TPSA) is 64.6 Å². The number of hydrogen-bond donors (Lipinski definition) is 1. The summed E-state index contributed by atoms with van der Waals surface area (Å²) in [7, 11) is 0. The van der Waals surface area contributed by atoms with E-state index in [1.54, 1.807) is 6.92 Å². The van der Waals surface area contributed by atoms with Crippen molar-refractivity contribution in [2.45, 2.75) is 13.8 Å². The third-order valence-corrected chi connectivity index (χ3v) is 0.767. The zero-order valence-corrected chi connectivity index (χ0v) is 6.55. The molecule has 0 atom stereocenters. The van der Waals surface area contributed by atoms with Crippen LogP contribution in [0.5, 0.6) is 0 Å².